The molecule has 29 heavy (non-hydrogen) atoms. The quantitative estimate of drug-likeness (QED) is 0.532. The van der Waals surface area contributed by atoms with Crippen molar-refractivity contribution < 1.29 is 50.5 Å². The first-order valence-corrected chi connectivity index (χ1v) is 9.39. The molecule has 4 saturated carbocycles. The van der Waals surface area contributed by atoms with Gasteiger partial charge in [-0.05, 0) is 62.7 Å². The molecule has 4 aliphatic carbocycles. The summed E-state index contributed by atoms with van der Waals surface area (Å²) in [5.74, 6) is -1.59. The molecule has 4 rings (SSSR count). The second kappa shape index (κ2) is 7.02. The number of halogens is 6. The number of hydrogen-bond donors (Lipinski definition) is 1. The number of ether oxygens (including phenoxy) is 2. The van der Waals surface area contributed by atoms with Gasteiger partial charge in [0, 0.05) is 0 Å². The lowest BCUT2D eigenvalue weighted by Crippen LogP contribution is -2.58. The first-order valence-electron chi connectivity index (χ1n) is 9.39. The zero-order valence-corrected chi connectivity index (χ0v) is 15.6. The first-order chi connectivity index (χ1) is 13.2. The summed E-state index contributed by atoms with van der Waals surface area (Å²) in [5, 5.41) is 8.99. The fourth-order valence-corrected chi connectivity index (χ4v) is 5.32. The summed E-state index contributed by atoms with van der Waals surface area (Å²) in [7, 11) is 0. The number of aliphatic hydroxyl groups is 1. The van der Waals surface area contributed by atoms with Crippen LogP contribution in [0.2, 0.25) is 0 Å². The molecule has 11 heteroatoms. The van der Waals surface area contributed by atoms with E-state index in [0.29, 0.717) is 11.8 Å². The van der Waals surface area contributed by atoms with Gasteiger partial charge in [0.1, 0.15) is 5.60 Å². The van der Waals surface area contributed by atoms with Crippen molar-refractivity contribution >= 4 is 11.9 Å². The second-order valence-electron chi connectivity index (χ2n) is 8.66. The first kappa shape index (κ1) is 22.2. The fourth-order valence-electron chi connectivity index (χ4n) is 5.32. The molecule has 5 nitrogen and oxygen atoms in total. The van der Waals surface area contributed by atoms with Crippen LogP contribution in [-0.4, -0.2) is 47.2 Å². The number of carbonyl (C=O) groups is 2. The van der Waals surface area contributed by atoms with Gasteiger partial charge in [-0.3, -0.25) is 4.79 Å². The molecule has 0 amide bonds. The van der Waals surface area contributed by atoms with E-state index in [1.54, 1.807) is 6.92 Å². The molecule has 0 heterocycles. The van der Waals surface area contributed by atoms with Gasteiger partial charge in [0.2, 0.25) is 0 Å². The average molecular weight is 432 g/mol. The minimum atomic E-state index is -6.14. The van der Waals surface area contributed by atoms with E-state index in [2.05, 4.69) is 4.74 Å². The van der Waals surface area contributed by atoms with Gasteiger partial charge in [-0.1, -0.05) is 0 Å². The second-order valence-corrected chi connectivity index (χ2v) is 8.66. The van der Waals surface area contributed by atoms with E-state index in [0.717, 1.165) is 32.1 Å². The monoisotopic (exact) mass is 432 g/mol. The van der Waals surface area contributed by atoms with Crippen LogP contribution >= 0.6 is 0 Å². The minimum Gasteiger partial charge on any atom is -0.456 e. The van der Waals surface area contributed by atoms with E-state index in [1.807, 2.05) is 0 Å². The van der Waals surface area contributed by atoms with Crippen LogP contribution in [0.4, 0.5) is 26.3 Å². The zero-order valence-electron chi connectivity index (χ0n) is 15.6. The molecule has 0 radical (unpaired) electrons. The van der Waals surface area contributed by atoms with Gasteiger partial charge in [0.25, 0.3) is 5.60 Å². The predicted octanol–water partition coefficient (Wildman–Crippen LogP) is 3.53. The molecule has 0 spiro atoms. The summed E-state index contributed by atoms with van der Waals surface area (Å²) in [6, 6.07) is 0. The smallest absolute Gasteiger partial charge is 0.426 e. The van der Waals surface area contributed by atoms with Crippen molar-refractivity contribution in [3.05, 3.63) is 0 Å². The number of esters is 2. The Labute approximate surface area is 162 Å². The summed E-state index contributed by atoms with van der Waals surface area (Å²) < 4.78 is 85.5. The maximum atomic E-state index is 12.6. The highest BCUT2D eigenvalue weighted by Gasteiger charge is 2.71. The third-order valence-electron chi connectivity index (χ3n) is 6.78. The molecule has 4 bridgehead atoms. The number of hydrogen-bond acceptors (Lipinski definition) is 5. The third kappa shape index (κ3) is 3.94. The number of alkyl halides is 6. The van der Waals surface area contributed by atoms with Gasteiger partial charge in [-0.15, -0.1) is 0 Å². The SMILES string of the molecule is CC1(OC(=O)COC(=O)CC(O)(C(F)(F)F)C(F)(F)F)C2CC3CC(C2)CC1C3. The molecule has 4 aliphatic rings. The van der Waals surface area contributed by atoms with Gasteiger partial charge in [0.05, 0.1) is 6.42 Å². The lowest BCUT2D eigenvalue weighted by molar-refractivity contribution is -0.368. The van der Waals surface area contributed by atoms with Crippen LogP contribution in [0.15, 0.2) is 0 Å². The van der Waals surface area contributed by atoms with E-state index >= 15 is 0 Å². The van der Waals surface area contributed by atoms with Crippen LogP contribution in [0.5, 0.6) is 0 Å². The topological polar surface area (TPSA) is 72.8 Å². The largest absolute Gasteiger partial charge is 0.456 e. The molecule has 166 valence electrons. The van der Waals surface area contributed by atoms with E-state index in [9.17, 15) is 35.9 Å². The Kier molecular flexibility index (Phi) is 5.37. The maximum absolute atomic E-state index is 12.6. The molecular weight excluding hydrogens is 410 g/mol. The highest BCUT2D eigenvalue weighted by molar-refractivity contribution is 5.77. The molecule has 0 atom stereocenters. The predicted molar refractivity (Wildman–Crippen MR) is 84.2 cm³/mol. The highest BCUT2D eigenvalue weighted by atomic mass is 19.4. The van der Waals surface area contributed by atoms with Crippen molar-refractivity contribution in [3.63, 3.8) is 0 Å². The molecule has 0 unspecified atom stereocenters. The average Bonchev–Trinajstić information content (AvgIpc) is 2.55. The molecule has 1 N–H and O–H groups in total. The van der Waals surface area contributed by atoms with Crippen LogP contribution in [-0.2, 0) is 19.1 Å². The van der Waals surface area contributed by atoms with Gasteiger partial charge in [-0.25, -0.2) is 4.79 Å². The summed E-state index contributed by atoms with van der Waals surface area (Å²) in [4.78, 5) is 23.6. The molecular formula is C18H22F6O5. The summed E-state index contributed by atoms with van der Waals surface area (Å²) >= 11 is 0. The Bertz CT molecular complexity index is 629. The normalized spacial score (nSPS) is 34.2. The van der Waals surface area contributed by atoms with Crippen LogP contribution < -0.4 is 0 Å². The molecule has 0 aromatic carbocycles. The molecule has 0 aromatic heterocycles. The summed E-state index contributed by atoms with van der Waals surface area (Å²) in [5.41, 5.74) is -6.04. The summed E-state index contributed by atoms with van der Waals surface area (Å²) in [6.07, 6.45) is -9.91. The van der Waals surface area contributed by atoms with Gasteiger partial charge >= 0.3 is 24.3 Å². The Balaban J connectivity index is 1.56. The Morgan fingerprint density at radius 1 is 0.897 bits per heavy atom. The van der Waals surface area contributed by atoms with E-state index < -0.39 is 48.5 Å². The van der Waals surface area contributed by atoms with Crippen molar-refractivity contribution in [2.75, 3.05) is 6.61 Å². The molecule has 4 fully saturated rings. The minimum absolute atomic E-state index is 0.138. The lowest BCUT2D eigenvalue weighted by Gasteiger charge is -2.59. The van der Waals surface area contributed by atoms with Gasteiger partial charge in [-0.2, -0.15) is 26.3 Å². The Morgan fingerprint density at radius 3 is 1.76 bits per heavy atom. The number of rotatable bonds is 5. The van der Waals surface area contributed by atoms with Crippen molar-refractivity contribution in [2.24, 2.45) is 23.7 Å². The van der Waals surface area contributed by atoms with Crippen LogP contribution in [0.1, 0.15) is 45.4 Å². The molecule has 0 saturated heterocycles. The highest BCUT2D eigenvalue weighted by Crippen LogP contribution is 2.59. The van der Waals surface area contributed by atoms with E-state index in [1.165, 1.54) is 0 Å². The van der Waals surface area contributed by atoms with Gasteiger partial charge < -0.3 is 14.6 Å². The fraction of sp³-hybridized carbons (Fsp3) is 0.889. The molecule has 0 aromatic rings. The van der Waals surface area contributed by atoms with Crippen molar-refractivity contribution in [1.29, 1.82) is 0 Å². The van der Waals surface area contributed by atoms with Crippen LogP contribution in [0.25, 0.3) is 0 Å². The lowest BCUT2D eigenvalue weighted by atomic mass is 9.50. The van der Waals surface area contributed by atoms with Crippen molar-refractivity contribution in [1.82, 2.24) is 0 Å². The molecule has 0 aliphatic heterocycles. The Hall–Kier alpha value is -1.52. The van der Waals surface area contributed by atoms with Crippen molar-refractivity contribution in [2.45, 2.75) is 69.0 Å². The number of carbonyl (C=O) groups excluding carboxylic acids is 2. The third-order valence-corrected chi connectivity index (χ3v) is 6.78. The van der Waals surface area contributed by atoms with Crippen LogP contribution in [0, 0.1) is 23.7 Å². The Morgan fingerprint density at radius 2 is 1.34 bits per heavy atom. The maximum Gasteiger partial charge on any atom is 0.426 e. The van der Waals surface area contributed by atoms with E-state index in [4.69, 9.17) is 9.84 Å². The van der Waals surface area contributed by atoms with Gasteiger partial charge in [0.15, 0.2) is 6.61 Å². The van der Waals surface area contributed by atoms with E-state index in [-0.39, 0.29) is 11.8 Å². The van der Waals surface area contributed by atoms with Crippen LogP contribution in [0.3, 0.4) is 0 Å². The standard InChI is InChI=1S/C18H22F6O5/c1-15(11-3-9-2-10(5-11)6-12(15)4-9)29-14(26)8-28-13(25)7-16(27,17(19,20)21)18(22,23)24/h9-12,27H,2-8H2,1H3. The zero-order chi connectivity index (χ0) is 21.8. The van der Waals surface area contributed by atoms with Crippen molar-refractivity contribution in [3.8, 4) is 0 Å². The summed E-state index contributed by atoms with van der Waals surface area (Å²) in [6.45, 7) is 0.665.